The Labute approximate surface area is 176 Å². The van der Waals surface area contributed by atoms with Gasteiger partial charge in [-0.3, -0.25) is 13.8 Å². The molecular weight excluding hydrogens is 400 g/mol. The zero-order valence-corrected chi connectivity index (χ0v) is 16.8. The third-order valence-electron chi connectivity index (χ3n) is 5.17. The number of fused-ring (bicyclic) bond motifs is 3. The molecule has 1 N–H and O–H groups in total. The summed E-state index contributed by atoms with van der Waals surface area (Å²) in [4.78, 5) is 13.3. The monoisotopic (exact) mass is 416 g/mol. The SMILES string of the molecule is Cc1ccc(Cn2c(=O)c3ccccc3n3c(-c4cc(Cl)ccc4O)nnc23)cc1. The zero-order chi connectivity index (χ0) is 20.8. The third-order valence-corrected chi connectivity index (χ3v) is 5.40. The number of hydrogen-bond donors (Lipinski definition) is 1. The van der Waals surface area contributed by atoms with Crippen LogP contribution in [0, 0.1) is 6.92 Å². The first-order chi connectivity index (χ1) is 14.5. The van der Waals surface area contributed by atoms with Gasteiger partial charge in [-0.05, 0) is 42.8 Å². The van der Waals surface area contributed by atoms with E-state index < -0.39 is 0 Å². The molecule has 3 aromatic carbocycles. The van der Waals surface area contributed by atoms with Crippen molar-refractivity contribution in [2.45, 2.75) is 13.5 Å². The van der Waals surface area contributed by atoms with Crippen LogP contribution in [0.15, 0.2) is 71.5 Å². The number of hydrogen-bond acceptors (Lipinski definition) is 4. The van der Waals surface area contributed by atoms with Crippen LogP contribution in [0.2, 0.25) is 5.02 Å². The fourth-order valence-electron chi connectivity index (χ4n) is 3.64. The van der Waals surface area contributed by atoms with Crippen molar-refractivity contribution in [3.8, 4) is 17.1 Å². The molecule has 5 aromatic rings. The van der Waals surface area contributed by atoms with E-state index >= 15 is 0 Å². The van der Waals surface area contributed by atoms with Crippen molar-refractivity contribution in [1.29, 1.82) is 0 Å². The topological polar surface area (TPSA) is 72.4 Å². The minimum Gasteiger partial charge on any atom is -0.507 e. The lowest BCUT2D eigenvalue weighted by atomic mass is 10.1. The quantitative estimate of drug-likeness (QED) is 0.472. The summed E-state index contributed by atoms with van der Waals surface area (Å²) in [7, 11) is 0. The molecule has 2 aromatic heterocycles. The van der Waals surface area contributed by atoms with E-state index in [1.807, 2.05) is 49.4 Å². The lowest BCUT2D eigenvalue weighted by molar-refractivity contribution is 0.477. The molecule has 2 heterocycles. The van der Waals surface area contributed by atoms with Crippen LogP contribution in [0.4, 0.5) is 0 Å². The third kappa shape index (κ3) is 2.93. The van der Waals surface area contributed by atoms with Crippen molar-refractivity contribution >= 4 is 28.3 Å². The van der Waals surface area contributed by atoms with Gasteiger partial charge in [0.25, 0.3) is 5.56 Å². The van der Waals surface area contributed by atoms with Crippen molar-refractivity contribution in [2.24, 2.45) is 0 Å². The van der Waals surface area contributed by atoms with E-state index in [2.05, 4.69) is 10.2 Å². The van der Waals surface area contributed by atoms with Crippen molar-refractivity contribution < 1.29 is 5.11 Å². The highest BCUT2D eigenvalue weighted by Gasteiger charge is 2.19. The van der Waals surface area contributed by atoms with E-state index in [9.17, 15) is 9.90 Å². The average molecular weight is 417 g/mol. The smallest absolute Gasteiger partial charge is 0.263 e. The van der Waals surface area contributed by atoms with Crippen LogP contribution in [0.3, 0.4) is 0 Å². The number of phenols is 1. The fraction of sp³-hybridized carbons (Fsp3) is 0.0870. The molecule has 0 radical (unpaired) electrons. The molecule has 0 aliphatic heterocycles. The summed E-state index contributed by atoms with van der Waals surface area (Å²) in [6.45, 7) is 2.37. The van der Waals surface area contributed by atoms with E-state index in [4.69, 9.17) is 11.6 Å². The summed E-state index contributed by atoms with van der Waals surface area (Å²) < 4.78 is 3.39. The Hall–Kier alpha value is -3.64. The van der Waals surface area contributed by atoms with E-state index in [0.717, 1.165) is 11.1 Å². The number of aromatic hydroxyl groups is 1. The van der Waals surface area contributed by atoms with Gasteiger partial charge in [0.15, 0.2) is 5.82 Å². The van der Waals surface area contributed by atoms with Crippen molar-refractivity contribution in [1.82, 2.24) is 19.2 Å². The molecule has 0 bridgehead atoms. The van der Waals surface area contributed by atoms with Crippen LogP contribution in [-0.2, 0) is 6.54 Å². The Bertz CT molecular complexity index is 1470. The summed E-state index contributed by atoms with van der Waals surface area (Å²) in [5.41, 5.74) is 3.09. The molecule has 30 heavy (non-hydrogen) atoms. The minimum atomic E-state index is -0.145. The fourth-order valence-corrected chi connectivity index (χ4v) is 3.81. The van der Waals surface area contributed by atoms with E-state index in [-0.39, 0.29) is 11.3 Å². The van der Waals surface area contributed by atoms with E-state index in [1.165, 1.54) is 6.07 Å². The molecule has 148 valence electrons. The molecule has 5 rings (SSSR count). The number of halogens is 1. The van der Waals surface area contributed by atoms with Gasteiger partial charge in [-0.15, -0.1) is 10.2 Å². The number of phenolic OH excluding ortho intramolecular Hbond substituents is 1. The first-order valence-electron chi connectivity index (χ1n) is 9.44. The maximum atomic E-state index is 13.3. The predicted octanol–water partition coefficient (Wildman–Crippen LogP) is 4.43. The van der Waals surface area contributed by atoms with Crippen LogP contribution in [0.5, 0.6) is 5.75 Å². The molecule has 7 heteroatoms. The summed E-state index contributed by atoms with van der Waals surface area (Å²) >= 11 is 6.16. The van der Waals surface area contributed by atoms with Crippen LogP contribution in [-0.4, -0.2) is 24.3 Å². The largest absolute Gasteiger partial charge is 0.507 e. The number of benzene rings is 3. The number of aryl methyl sites for hydroxylation is 1. The number of aromatic nitrogens is 4. The summed E-state index contributed by atoms with van der Waals surface area (Å²) in [5, 5.41) is 20.0. The Morgan fingerprint density at radius 1 is 1.00 bits per heavy atom. The van der Waals surface area contributed by atoms with Crippen LogP contribution < -0.4 is 5.56 Å². The van der Waals surface area contributed by atoms with Crippen LogP contribution in [0.1, 0.15) is 11.1 Å². The summed E-state index contributed by atoms with van der Waals surface area (Å²) in [6.07, 6.45) is 0. The normalized spacial score (nSPS) is 11.4. The van der Waals surface area contributed by atoms with Gasteiger partial charge in [0, 0.05) is 5.02 Å². The predicted molar refractivity (Wildman–Crippen MR) is 117 cm³/mol. The standard InChI is InChI=1S/C23H17ClN4O2/c1-14-6-8-15(9-7-14)13-27-22(30)17-4-2-3-5-19(17)28-21(25-26-23(27)28)18-12-16(24)10-11-20(18)29/h2-12,29H,13H2,1H3. The second kappa shape index (κ2) is 7.00. The molecule has 0 aliphatic rings. The zero-order valence-electron chi connectivity index (χ0n) is 16.1. The molecule has 6 nitrogen and oxygen atoms in total. The number of rotatable bonds is 3. The molecule has 0 unspecified atom stereocenters. The van der Waals surface area contributed by atoms with Gasteiger partial charge in [-0.2, -0.15) is 0 Å². The molecule has 0 saturated heterocycles. The lowest BCUT2D eigenvalue weighted by Gasteiger charge is -2.12. The van der Waals surface area contributed by atoms with Crippen molar-refractivity contribution in [2.75, 3.05) is 0 Å². The van der Waals surface area contributed by atoms with Gasteiger partial charge in [0.05, 0.1) is 23.0 Å². The molecular formula is C23H17ClN4O2. The Kier molecular flexibility index (Phi) is 4.29. The van der Waals surface area contributed by atoms with Crippen LogP contribution >= 0.6 is 11.6 Å². The van der Waals surface area contributed by atoms with Gasteiger partial charge < -0.3 is 5.11 Å². The average Bonchev–Trinajstić information content (AvgIpc) is 3.19. The highest BCUT2D eigenvalue weighted by Crippen LogP contribution is 2.32. The molecule has 0 amide bonds. The maximum Gasteiger partial charge on any atom is 0.263 e. The Balaban J connectivity index is 1.84. The highest BCUT2D eigenvalue weighted by atomic mass is 35.5. The summed E-state index contributed by atoms with van der Waals surface area (Å²) in [6, 6.07) is 20.1. The molecule has 0 atom stereocenters. The lowest BCUT2D eigenvalue weighted by Crippen LogP contribution is -2.24. The van der Waals surface area contributed by atoms with Gasteiger partial charge >= 0.3 is 0 Å². The van der Waals surface area contributed by atoms with Gasteiger partial charge in [-0.1, -0.05) is 53.6 Å². The van der Waals surface area contributed by atoms with Crippen molar-refractivity contribution in [3.05, 3.63) is 93.2 Å². The van der Waals surface area contributed by atoms with Crippen molar-refractivity contribution in [3.63, 3.8) is 0 Å². The molecule has 0 fully saturated rings. The molecule has 0 aliphatic carbocycles. The van der Waals surface area contributed by atoms with Gasteiger partial charge in [-0.25, -0.2) is 0 Å². The first kappa shape index (κ1) is 18.4. The second-order valence-electron chi connectivity index (χ2n) is 7.21. The van der Waals surface area contributed by atoms with E-state index in [0.29, 0.717) is 39.6 Å². The summed E-state index contributed by atoms with van der Waals surface area (Å²) in [5.74, 6) is 0.849. The second-order valence-corrected chi connectivity index (χ2v) is 7.65. The van der Waals surface area contributed by atoms with Gasteiger partial charge in [0.1, 0.15) is 5.75 Å². The first-order valence-corrected chi connectivity index (χ1v) is 9.82. The number of nitrogens with zero attached hydrogens (tertiary/aromatic N) is 4. The van der Waals surface area contributed by atoms with Crippen LogP contribution in [0.25, 0.3) is 28.1 Å². The number of para-hydroxylation sites is 1. The molecule has 0 saturated carbocycles. The van der Waals surface area contributed by atoms with Gasteiger partial charge in [0.2, 0.25) is 5.78 Å². The maximum absolute atomic E-state index is 13.3. The Morgan fingerprint density at radius 3 is 2.57 bits per heavy atom. The minimum absolute atomic E-state index is 0.0362. The highest BCUT2D eigenvalue weighted by molar-refractivity contribution is 6.30. The Morgan fingerprint density at radius 2 is 1.77 bits per heavy atom. The molecule has 0 spiro atoms. The van der Waals surface area contributed by atoms with E-state index in [1.54, 1.807) is 27.2 Å².